The van der Waals surface area contributed by atoms with Crippen LogP contribution in [0.4, 0.5) is 0 Å². The molecule has 0 unspecified atom stereocenters. The quantitative estimate of drug-likeness (QED) is 0.772. The lowest BCUT2D eigenvalue weighted by atomic mass is 9.97. The molecule has 74 valence electrons. The molecular formula is C10H10BrNOS. The summed E-state index contributed by atoms with van der Waals surface area (Å²) in [6.07, 6.45) is 4.68. The van der Waals surface area contributed by atoms with E-state index in [1.54, 1.807) is 11.3 Å². The number of carbonyl (C=O) groups is 1. The molecular weight excluding hydrogens is 262 g/mol. The molecule has 1 N–H and O–H groups in total. The zero-order valence-electron chi connectivity index (χ0n) is 7.60. The van der Waals surface area contributed by atoms with E-state index >= 15 is 0 Å². The first-order chi connectivity index (χ1) is 6.71. The summed E-state index contributed by atoms with van der Waals surface area (Å²) in [6, 6.07) is 1.95. The van der Waals surface area contributed by atoms with Crippen molar-refractivity contribution in [1.82, 2.24) is 5.32 Å². The third kappa shape index (κ3) is 1.04. The molecule has 0 atom stereocenters. The van der Waals surface area contributed by atoms with Crippen LogP contribution >= 0.6 is 27.3 Å². The third-order valence-electron chi connectivity index (χ3n) is 3.19. The highest BCUT2D eigenvalue weighted by Crippen LogP contribution is 2.48. The van der Waals surface area contributed by atoms with E-state index in [4.69, 9.17) is 0 Å². The maximum atomic E-state index is 11.7. The lowest BCUT2D eigenvalue weighted by Crippen LogP contribution is -2.36. The largest absolute Gasteiger partial charge is 0.342 e. The standard InChI is InChI=1S/C10H10BrNOS/c11-7-5-6-8(14-7)10(12-9(6)13)3-1-2-4-10/h5H,1-4H2,(H,12,13). The Bertz CT molecular complexity index is 406. The smallest absolute Gasteiger partial charge is 0.253 e. The summed E-state index contributed by atoms with van der Waals surface area (Å²) >= 11 is 5.16. The van der Waals surface area contributed by atoms with Gasteiger partial charge in [-0.05, 0) is 34.8 Å². The molecule has 0 radical (unpaired) electrons. The Balaban J connectivity index is 2.16. The number of nitrogens with one attached hydrogen (secondary N) is 1. The van der Waals surface area contributed by atoms with Crippen LogP contribution in [0.5, 0.6) is 0 Å². The molecule has 2 nitrogen and oxygen atoms in total. The number of rotatable bonds is 0. The SMILES string of the molecule is O=C1NC2(CCCC2)c2sc(Br)cc21. The Hall–Kier alpha value is -0.350. The zero-order valence-corrected chi connectivity index (χ0v) is 10.0. The third-order valence-corrected chi connectivity index (χ3v) is 5.03. The number of halogens is 1. The number of hydrogen-bond acceptors (Lipinski definition) is 2. The maximum Gasteiger partial charge on any atom is 0.253 e. The molecule has 2 heterocycles. The van der Waals surface area contributed by atoms with Gasteiger partial charge in [0.1, 0.15) is 0 Å². The molecule has 0 bridgehead atoms. The fourth-order valence-corrected chi connectivity index (χ4v) is 4.36. The molecule has 2 aliphatic rings. The van der Waals surface area contributed by atoms with Crippen LogP contribution in [0.1, 0.15) is 40.9 Å². The fourth-order valence-electron chi connectivity index (χ4n) is 2.56. The van der Waals surface area contributed by atoms with Crippen molar-refractivity contribution in [2.45, 2.75) is 31.2 Å². The Morgan fingerprint density at radius 1 is 1.43 bits per heavy atom. The molecule has 1 fully saturated rings. The van der Waals surface area contributed by atoms with Gasteiger partial charge in [0, 0.05) is 4.88 Å². The van der Waals surface area contributed by atoms with Gasteiger partial charge in [-0.1, -0.05) is 12.8 Å². The molecule has 1 aliphatic carbocycles. The Kier molecular flexibility index (Phi) is 1.80. The van der Waals surface area contributed by atoms with Crippen LogP contribution in [0.3, 0.4) is 0 Å². The molecule has 1 amide bonds. The number of thiophene rings is 1. The summed E-state index contributed by atoms with van der Waals surface area (Å²) in [5, 5.41) is 3.15. The van der Waals surface area contributed by atoms with Gasteiger partial charge in [0.05, 0.1) is 14.9 Å². The van der Waals surface area contributed by atoms with Gasteiger partial charge in [-0.25, -0.2) is 0 Å². The second-order valence-electron chi connectivity index (χ2n) is 4.04. The average Bonchev–Trinajstić information content (AvgIpc) is 2.75. The average molecular weight is 272 g/mol. The predicted molar refractivity (Wildman–Crippen MR) is 59.6 cm³/mol. The van der Waals surface area contributed by atoms with E-state index in [0.29, 0.717) is 0 Å². The molecule has 1 aromatic heterocycles. The summed E-state index contributed by atoms with van der Waals surface area (Å²) in [4.78, 5) is 13.0. The zero-order chi connectivity index (χ0) is 9.76. The van der Waals surface area contributed by atoms with Gasteiger partial charge in [-0.2, -0.15) is 0 Å². The van der Waals surface area contributed by atoms with E-state index in [0.717, 1.165) is 22.2 Å². The van der Waals surface area contributed by atoms with E-state index in [1.807, 2.05) is 6.07 Å². The Labute approximate surface area is 94.8 Å². The van der Waals surface area contributed by atoms with Gasteiger partial charge in [0.15, 0.2) is 0 Å². The van der Waals surface area contributed by atoms with Gasteiger partial charge >= 0.3 is 0 Å². The van der Waals surface area contributed by atoms with Crippen molar-refractivity contribution in [1.29, 1.82) is 0 Å². The van der Waals surface area contributed by atoms with Crippen molar-refractivity contribution in [3.8, 4) is 0 Å². The first-order valence-corrected chi connectivity index (χ1v) is 6.45. The van der Waals surface area contributed by atoms with Crippen molar-refractivity contribution in [2.24, 2.45) is 0 Å². The minimum Gasteiger partial charge on any atom is -0.342 e. The van der Waals surface area contributed by atoms with Crippen molar-refractivity contribution in [2.75, 3.05) is 0 Å². The first kappa shape index (κ1) is 8.92. The van der Waals surface area contributed by atoms with E-state index in [1.165, 1.54) is 17.7 Å². The molecule has 1 saturated carbocycles. The second-order valence-corrected chi connectivity index (χ2v) is 6.47. The van der Waals surface area contributed by atoms with Crippen LogP contribution in [-0.4, -0.2) is 5.91 Å². The molecule has 1 aliphatic heterocycles. The van der Waals surface area contributed by atoms with Gasteiger partial charge in [0.25, 0.3) is 5.91 Å². The summed E-state index contributed by atoms with van der Waals surface area (Å²) in [7, 11) is 0. The number of fused-ring (bicyclic) bond motifs is 2. The molecule has 0 saturated heterocycles. The normalized spacial score (nSPS) is 22.8. The van der Waals surface area contributed by atoms with Crippen molar-refractivity contribution >= 4 is 33.2 Å². The second kappa shape index (κ2) is 2.83. The van der Waals surface area contributed by atoms with Gasteiger partial charge in [-0.15, -0.1) is 11.3 Å². The van der Waals surface area contributed by atoms with Crippen LogP contribution in [-0.2, 0) is 5.54 Å². The summed E-state index contributed by atoms with van der Waals surface area (Å²) in [5.41, 5.74) is 0.895. The first-order valence-electron chi connectivity index (χ1n) is 4.84. The molecule has 0 aromatic carbocycles. The maximum absolute atomic E-state index is 11.7. The lowest BCUT2D eigenvalue weighted by molar-refractivity contribution is 0.0931. The summed E-state index contributed by atoms with van der Waals surface area (Å²) in [6.45, 7) is 0. The van der Waals surface area contributed by atoms with Crippen LogP contribution in [0, 0.1) is 0 Å². The summed E-state index contributed by atoms with van der Waals surface area (Å²) in [5.74, 6) is 0.115. The van der Waals surface area contributed by atoms with Crippen LogP contribution in [0.2, 0.25) is 0 Å². The van der Waals surface area contributed by atoms with Crippen molar-refractivity contribution in [3.63, 3.8) is 0 Å². The predicted octanol–water partition coefficient (Wildman–Crippen LogP) is 3.02. The topological polar surface area (TPSA) is 29.1 Å². The van der Waals surface area contributed by atoms with Crippen molar-refractivity contribution < 1.29 is 4.79 Å². The van der Waals surface area contributed by atoms with Gasteiger partial charge in [-0.3, -0.25) is 4.79 Å². The number of carbonyl (C=O) groups excluding carboxylic acids is 1. The molecule has 4 heteroatoms. The van der Waals surface area contributed by atoms with Crippen LogP contribution < -0.4 is 5.32 Å². The molecule has 14 heavy (non-hydrogen) atoms. The minimum atomic E-state index is 0.00308. The number of hydrogen-bond donors (Lipinski definition) is 1. The van der Waals surface area contributed by atoms with Crippen LogP contribution in [0.15, 0.2) is 9.85 Å². The van der Waals surface area contributed by atoms with Crippen LogP contribution in [0.25, 0.3) is 0 Å². The lowest BCUT2D eigenvalue weighted by Gasteiger charge is -2.22. The van der Waals surface area contributed by atoms with E-state index in [9.17, 15) is 4.79 Å². The van der Waals surface area contributed by atoms with Gasteiger partial charge < -0.3 is 5.32 Å². The summed E-state index contributed by atoms with van der Waals surface area (Å²) < 4.78 is 1.07. The minimum absolute atomic E-state index is 0.00308. The molecule has 1 spiro atoms. The Morgan fingerprint density at radius 3 is 2.86 bits per heavy atom. The molecule has 3 rings (SSSR count). The van der Waals surface area contributed by atoms with Gasteiger partial charge in [0.2, 0.25) is 0 Å². The fraction of sp³-hybridized carbons (Fsp3) is 0.500. The highest BCUT2D eigenvalue weighted by Gasteiger charge is 2.46. The van der Waals surface area contributed by atoms with Crippen molar-refractivity contribution in [3.05, 3.63) is 20.3 Å². The van der Waals surface area contributed by atoms with E-state index in [-0.39, 0.29) is 11.4 Å². The van der Waals surface area contributed by atoms with E-state index < -0.39 is 0 Å². The molecule has 1 aromatic rings. The number of amides is 1. The highest BCUT2D eigenvalue weighted by molar-refractivity contribution is 9.11. The Morgan fingerprint density at radius 2 is 2.14 bits per heavy atom. The highest BCUT2D eigenvalue weighted by atomic mass is 79.9. The van der Waals surface area contributed by atoms with E-state index in [2.05, 4.69) is 21.2 Å². The monoisotopic (exact) mass is 271 g/mol.